The third kappa shape index (κ3) is 3.18. The van der Waals surface area contributed by atoms with E-state index in [0.717, 1.165) is 22.6 Å². The molecule has 0 aliphatic carbocycles. The van der Waals surface area contributed by atoms with E-state index in [1.807, 2.05) is 29.2 Å². The number of carbonyl (C=O) groups is 2. The van der Waals surface area contributed by atoms with Crippen molar-refractivity contribution in [1.82, 2.24) is 4.90 Å². The quantitative estimate of drug-likeness (QED) is 0.747. The average Bonchev–Trinajstić information content (AvgIpc) is 2.90. The van der Waals surface area contributed by atoms with Crippen LogP contribution < -0.4 is 10.5 Å². The third-order valence-corrected chi connectivity index (χ3v) is 5.43. The number of nitrogens with zero attached hydrogens (tertiary/aromatic N) is 1. The van der Waals surface area contributed by atoms with E-state index in [1.54, 1.807) is 7.11 Å². The average molecular weight is 362 g/mol. The van der Waals surface area contributed by atoms with Gasteiger partial charge in [0.15, 0.2) is 0 Å². The summed E-state index contributed by atoms with van der Waals surface area (Å²) in [7, 11) is 1.59. The van der Waals surface area contributed by atoms with Gasteiger partial charge in [0.25, 0.3) is 0 Å². The molecule has 1 aliphatic rings. The lowest BCUT2D eigenvalue weighted by Crippen LogP contribution is -2.38. The van der Waals surface area contributed by atoms with Crippen molar-refractivity contribution in [3.05, 3.63) is 45.8 Å². The predicted molar refractivity (Wildman–Crippen MR) is 93.2 cm³/mol. The molecule has 0 spiro atoms. The minimum absolute atomic E-state index is 0.0512. The second-order valence-electron chi connectivity index (χ2n) is 5.80. The Hall–Kier alpha value is -2.58. The lowest BCUT2D eigenvalue weighted by molar-refractivity contribution is -0.144. The van der Waals surface area contributed by atoms with Gasteiger partial charge in [-0.05, 0) is 29.7 Å². The van der Waals surface area contributed by atoms with E-state index in [2.05, 4.69) is 0 Å². The molecule has 25 heavy (non-hydrogen) atoms. The molecule has 0 saturated heterocycles. The molecule has 0 fully saturated rings. The number of anilines is 1. The van der Waals surface area contributed by atoms with Crippen molar-refractivity contribution < 1.29 is 24.5 Å². The lowest BCUT2D eigenvalue weighted by Gasteiger charge is -2.33. The molecule has 2 heterocycles. The number of benzene rings is 1. The highest BCUT2D eigenvalue weighted by Gasteiger charge is 2.38. The van der Waals surface area contributed by atoms with Gasteiger partial charge < -0.3 is 20.7 Å². The van der Waals surface area contributed by atoms with Crippen molar-refractivity contribution in [2.75, 3.05) is 19.4 Å². The molecule has 0 radical (unpaired) electrons. The molecule has 1 unspecified atom stereocenters. The van der Waals surface area contributed by atoms with Crippen molar-refractivity contribution in [3.8, 4) is 5.75 Å². The molecule has 1 aromatic heterocycles. The Labute approximate surface area is 148 Å². The number of thiophene rings is 1. The molecule has 7 nitrogen and oxygen atoms in total. The van der Waals surface area contributed by atoms with Gasteiger partial charge in [-0.2, -0.15) is 0 Å². The van der Waals surface area contributed by atoms with Crippen LogP contribution in [-0.2, 0) is 17.8 Å². The standard InChI is InChI=1S/C17H18N2O5S/c1-24-10-4-2-9(3-5-10)8-19-7-6-11-12(16(20)21)15(18)25-14(11)13(19)17(22)23/h2-5,13H,6-8,18H2,1H3,(H,20,21)(H,22,23). The molecule has 132 valence electrons. The molecule has 1 aromatic carbocycles. The number of hydrogen-bond donors (Lipinski definition) is 3. The second kappa shape index (κ2) is 6.73. The highest BCUT2D eigenvalue weighted by atomic mass is 32.1. The molecule has 1 atom stereocenters. The number of carboxylic acid groups (broad SMARTS) is 2. The highest BCUT2D eigenvalue weighted by Crippen LogP contribution is 2.41. The van der Waals surface area contributed by atoms with Crippen LogP contribution >= 0.6 is 11.3 Å². The summed E-state index contributed by atoms with van der Waals surface area (Å²) in [6.07, 6.45) is 0.463. The number of fused-ring (bicyclic) bond motifs is 1. The number of aromatic carboxylic acids is 1. The molecular weight excluding hydrogens is 344 g/mol. The molecule has 0 saturated carbocycles. The summed E-state index contributed by atoms with van der Waals surface area (Å²) in [5, 5.41) is 19.2. The van der Waals surface area contributed by atoms with Crippen LogP contribution in [0.3, 0.4) is 0 Å². The summed E-state index contributed by atoms with van der Waals surface area (Å²) in [5.74, 6) is -1.38. The summed E-state index contributed by atoms with van der Waals surface area (Å²) in [4.78, 5) is 25.6. The number of hydrogen-bond acceptors (Lipinski definition) is 6. The van der Waals surface area contributed by atoms with Crippen molar-refractivity contribution in [3.63, 3.8) is 0 Å². The molecule has 1 aliphatic heterocycles. The molecule has 4 N–H and O–H groups in total. The summed E-state index contributed by atoms with van der Waals surface area (Å²) in [6, 6.07) is 6.53. The van der Waals surface area contributed by atoms with Crippen molar-refractivity contribution in [2.24, 2.45) is 0 Å². The Morgan fingerprint density at radius 2 is 2.00 bits per heavy atom. The second-order valence-corrected chi connectivity index (χ2v) is 6.88. The molecule has 0 amide bonds. The Bertz CT molecular complexity index is 815. The van der Waals surface area contributed by atoms with Gasteiger partial charge in [0.05, 0.1) is 12.7 Å². The van der Waals surface area contributed by atoms with Crippen LogP contribution in [-0.4, -0.2) is 40.7 Å². The van der Waals surface area contributed by atoms with Gasteiger partial charge in [-0.1, -0.05) is 12.1 Å². The van der Waals surface area contributed by atoms with E-state index >= 15 is 0 Å². The first-order chi connectivity index (χ1) is 11.9. The number of aliphatic carboxylic acids is 1. The molecule has 0 bridgehead atoms. The van der Waals surface area contributed by atoms with Crippen LogP contribution in [0.2, 0.25) is 0 Å². The summed E-state index contributed by atoms with van der Waals surface area (Å²) < 4.78 is 5.13. The SMILES string of the molecule is COc1ccc(CN2CCc3c(sc(N)c3C(=O)O)C2C(=O)O)cc1. The highest BCUT2D eigenvalue weighted by molar-refractivity contribution is 7.16. The van der Waals surface area contributed by atoms with Crippen molar-refractivity contribution >= 4 is 28.3 Å². The number of nitrogen functional groups attached to an aromatic ring is 1. The van der Waals surface area contributed by atoms with Gasteiger partial charge in [0.1, 0.15) is 16.8 Å². The van der Waals surface area contributed by atoms with E-state index in [0.29, 0.717) is 30.0 Å². The van der Waals surface area contributed by atoms with Gasteiger partial charge in [0, 0.05) is 18.0 Å². The van der Waals surface area contributed by atoms with Gasteiger partial charge in [0.2, 0.25) is 0 Å². The Morgan fingerprint density at radius 3 is 2.56 bits per heavy atom. The molecule has 2 aromatic rings. The smallest absolute Gasteiger partial charge is 0.338 e. The summed E-state index contributed by atoms with van der Waals surface area (Å²) in [5.41, 5.74) is 7.38. The predicted octanol–water partition coefficient (Wildman–Crippen LogP) is 2.22. The van der Waals surface area contributed by atoms with Crippen LogP contribution in [0.25, 0.3) is 0 Å². The third-order valence-electron chi connectivity index (χ3n) is 4.32. The van der Waals surface area contributed by atoms with Crippen LogP contribution in [0.1, 0.15) is 32.4 Å². The largest absolute Gasteiger partial charge is 0.497 e. The lowest BCUT2D eigenvalue weighted by atomic mass is 9.96. The topological polar surface area (TPSA) is 113 Å². The molecule has 8 heteroatoms. The van der Waals surface area contributed by atoms with Crippen molar-refractivity contribution in [2.45, 2.75) is 19.0 Å². The van der Waals surface area contributed by atoms with Crippen LogP contribution in [0.5, 0.6) is 5.75 Å². The fourth-order valence-electron chi connectivity index (χ4n) is 3.16. The van der Waals surface area contributed by atoms with E-state index in [9.17, 15) is 19.8 Å². The first kappa shape index (κ1) is 17.2. The van der Waals surface area contributed by atoms with Crippen molar-refractivity contribution in [1.29, 1.82) is 0 Å². The number of nitrogens with two attached hydrogens (primary N) is 1. The van der Waals surface area contributed by atoms with Gasteiger partial charge in [-0.15, -0.1) is 11.3 Å². The Morgan fingerprint density at radius 1 is 1.32 bits per heavy atom. The van der Waals surface area contributed by atoms with E-state index in [1.165, 1.54) is 0 Å². The number of carboxylic acids is 2. The number of rotatable bonds is 5. The minimum atomic E-state index is -1.11. The molecule has 3 rings (SSSR count). The van der Waals surface area contributed by atoms with Crippen LogP contribution in [0.15, 0.2) is 24.3 Å². The Kier molecular flexibility index (Phi) is 4.65. The summed E-state index contributed by atoms with van der Waals surface area (Å²) >= 11 is 1.06. The zero-order valence-electron chi connectivity index (χ0n) is 13.6. The van der Waals surface area contributed by atoms with E-state index in [-0.39, 0.29) is 10.6 Å². The zero-order valence-corrected chi connectivity index (χ0v) is 14.4. The van der Waals surface area contributed by atoms with E-state index < -0.39 is 18.0 Å². The monoisotopic (exact) mass is 362 g/mol. The fraction of sp³-hybridized carbons (Fsp3) is 0.294. The number of ether oxygens (including phenoxy) is 1. The maximum atomic E-state index is 11.9. The van der Waals surface area contributed by atoms with Gasteiger partial charge >= 0.3 is 11.9 Å². The normalized spacial score (nSPS) is 17.1. The first-order valence-electron chi connectivity index (χ1n) is 7.66. The van der Waals surface area contributed by atoms with Gasteiger partial charge in [-0.3, -0.25) is 9.69 Å². The maximum Gasteiger partial charge on any atom is 0.338 e. The zero-order chi connectivity index (χ0) is 18.1. The van der Waals surface area contributed by atoms with Crippen LogP contribution in [0, 0.1) is 0 Å². The first-order valence-corrected chi connectivity index (χ1v) is 8.48. The molecular formula is C17H18N2O5S. The van der Waals surface area contributed by atoms with Crippen LogP contribution in [0.4, 0.5) is 5.00 Å². The minimum Gasteiger partial charge on any atom is -0.497 e. The fourth-order valence-corrected chi connectivity index (χ4v) is 4.40. The summed E-state index contributed by atoms with van der Waals surface area (Å²) in [6.45, 7) is 0.896. The number of methoxy groups -OCH3 is 1. The van der Waals surface area contributed by atoms with E-state index in [4.69, 9.17) is 10.5 Å². The van der Waals surface area contributed by atoms with Gasteiger partial charge in [-0.25, -0.2) is 4.79 Å². The maximum absolute atomic E-state index is 11.9. The Balaban J connectivity index is 1.92.